The van der Waals surface area contributed by atoms with Crippen molar-refractivity contribution < 1.29 is 9.90 Å². The summed E-state index contributed by atoms with van der Waals surface area (Å²) in [6, 6.07) is 10.6. The minimum absolute atomic E-state index is 0.0749. The maximum Gasteiger partial charge on any atom is 0.407 e. The maximum absolute atomic E-state index is 11.3. The molecule has 0 unspecified atom stereocenters. The predicted molar refractivity (Wildman–Crippen MR) is 141 cm³/mol. The lowest BCUT2D eigenvalue weighted by molar-refractivity contribution is 0.0546. The number of hydrogen-bond acceptors (Lipinski definition) is 7. The molecule has 0 radical (unpaired) electrons. The summed E-state index contributed by atoms with van der Waals surface area (Å²) in [4.78, 5) is 19.6. The fourth-order valence-corrected chi connectivity index (χ4v) is 5.63. The van der Waals surface area contributed by atoms with Crippen molar-refractivity contribution >= 4 is 17.3 Å². The van der Waals surface area contributed by atoms with E-state index in [4.69, 9.17) is 5.10 Å². The minimum Gasteiger partial charge on any atom is -0.465 e. The van der Waals surface area contributed by atoms with Gasteiger partial charge < -0.3 is 15.3 Å². The number of likely N-dealkylation sites (tertiary alicyclic amines) is 2. The Labute approximate surface area is 219 Å². The zero-order valence-electron chi connectivity index (χ0n) is 21.3. The monoisotopic (exact) mass is 511 g/mol. The highest BCUT2D eigenvalue weighted by Crippen LogP contribution is 2.34. The summed E-state index contributed by atoms with van der Waals surface area (Å²) in [5.41, 5.74) is 5.96. The van der Waals surface area contributed by atoms with Crippen LogP contribution in [-0.4, -0.2) is 77.6 Å². The number of fused-ring (bicyclic) bond motifs is 1. The van der Waals surface area contributed by atoms with E-state index in [2.05, 4.69) is 44.0 Å². The first-order valence-corrected chi connectivity index (χ1v) is 12.8. The van der Waals surface area contributed by atoms with Crippen LogP contribution in [0.3, 0.4) is 0 Å². The van der Waals surface area contributed by atoms with Gasteiger partial charge in [0, 0.05) is 61.4 Å². The van der Waals surface area contributed by atoms with E-state index in [0.717, 1.165) is 53.2 Å². The summed E-state index contributed by atoms with van der Waals surface area (Å²) in [5.74, 6) is 0. The van der Waals surface area contributed by atoms with Crippen molar-refractivity contribution in [2.45, 2.75) is 38.4 Å². The molecule has 4 aromatic rings. The first-order valence-electron chi connectivity index (χ1n) is 12.8. The minimum atomic E-state index is -0.837. The van der Waals surface area contributed by atoms with Gasteiger partial charge in [0.05, 0.1) is 41.4 Å². The van der Waals surface area contributed by atoms with Gasteiger partial charge in [-0.15, -0.1) is 0 Å². The maximum atomic E-state index is 11.3. The molecule has 2 saturated heterocycles. The molecule has 11 heteroatoms. The lowest BCUT2D eigenvalue weighted by Gasteiger charge is -2.43. The summed E-state index contributed by atoms with van der Waals surface area (Å²) >= 11 is 0. The lowest BCUT2D eigenvalue weighted by Crippen LogP contribution is -2.54. The number of nitrogens with one attached hydrogen (secondary N) is 1. The van der Waals surface area contributed by atoms with Crippen LogP contribution in [0.5, 0.6) is 0 Å². The molecule has 6 heterocycles. The van der Waals surface area contributed by atoms with Crippen molar-refractivity contribution in [1.82, 2.24) is 34.2 Å². The van der Waals surface area contributed by atoms with Gasteiger partial charge >= 0.3 is 6.09 Å². The van der Waals surface area contributed by atoms with Gasteiger partial charge in [-0.25, -0.2) is 9.31 Å². The van der Waals surface area contributed by atoms with Crippen LogP contribution < -0.4 is 5.32 Å². The standard InChI is InChI=1S/C27H29N9O2/c1-17(24-5-3-4-7-29-24)32-25-9-19(13-35-26(25)20(10-28)11-30-35)23-12-31-36(18(23)2)22-15-34(16-22)21-6-8-33(14-21)27(37)38/h3-5,7,9,11-13,17,21-22,32H,6,8,14-16H2,1-2H3,(H,37,38)/t17-,21-/m1/s1. The molecule has 4 aromatic heterocycles. The molecule has 38 heavy (non-hydrogen) atoms. The van der Waals surface area contributed by atoms with Crippen LogP contribution in [0.25, 0.3) is 16.6 Å². The van der Waals surface area contributed by atoms with Gasteiger partial charge in [-0.2, -0.15) is 15.5 Å². The molecule has 0 bridgehead atoms. The summed E-state index contributed by atoms with van der Waals surface area (Å²) < 4.78 is 3.82. The third-order valence-electron chi connectivity index (χ3n) is 7.78. The first-order chi connectivity index (χ1) is 18.4. The quantitative estimate of drug-likeness (QED) is 0.402. The van der Waals surface area contributed by atoms with Gasteiger partial charge in [0.15, 0.2) is 0 Å². The molecule has 6 rings (SSSR count). The van der Waals surface area contributed by atoms with E-state index in [1.165, 1.54) is 4.90 Å². The summed E-state index contributed by atoms with van der Waals surface area (Å²) in [5, 5.41) is 31.6. The van der Waals surface area contributed by atoms with Crippen LogP contribution in [0, 0.1) is 18.3 Å². The number of hydrogen-bond donors (Lipinski definition) is 2. The Bertz CT molecular complexity index is 1530. The predicted octanol–water partition coefficient (Wildman–Crippen LogP) is 3.56. The van der Waals surface area contributed by atoms with Gasteiger partial charge in [-0.05, 0) is 38.5 Å². The van der Waals surface area contributed by atoms with Gasteiger partial charge in [0.2, 0.25) is 0 Å². The van der Waals surface area contributed by atoms with Crippen LogP contribution in [0.1, 0.15) is 42.4 Å². The average molecular weight is 512 g/mol. The molecule has 2 atom stereocenters. The van der Waals surface area contributed by atoms with Crippen molar-refractivity contribution in [1.29, 1.82) is 5.26 Å². The van der Waals surface area contributed by atoms with Crippen molar-refractivity contribution in [2.75, 3.05) is 31.5 Å². The number of carboxylic acid groups (broad SMARTS) is 1. The van der Waals surface area contributed by atoms with E-state index < -0.39 is 6.09 Å². The van der Waals surface area contributed by atoms with Crippen LogP contribution >= 0.6 is 0 Å². The van der Waals surface area contributed by atoms with Crippen LogP contribution in [0.15, 0.2) is 49.1 Å². The molecule has 1 amide bonds. The number of aromatic nitrogens is 5. The summed E-state index contributed by atoms with van der Waals surface area (Å²) in [7, 11) is 0. The van der Waals surface area contributed by atoms with Crippen molar-refractivity contribution in [3.8, 4) is 17.2 Å². The highest BCUT2D eigenvalue weighted by Gasteiger charge is 2.38. The second kappa shape index (κ2) is 9.46. The SMILES string of the molecule is Cc1c(-c2cc(N[C@H](C)c3ccccn3)c3c(C#N)cnn3c2)cnn1C1CN([C@@H]2CCN(C(=O)O)C2)C1. The van der Waals surface area contributed by atoms with E-state index in [1.54, 1.807) is 16.9 Å². The summed E-state index contributed by atoms with van der Waals surface area (Å²) in [6.07, 6.45) is 7.23. The molecule has 2 aliphatic rings. The molecule has 0 saturated carbocycles. The molecular formula is C27H29N9O2. The van der Waals surface area contributed by atoms with Crippen molar-refractivity contribution in [2.24, 2.45) is 0 Å². The zero-order chi connectivity index (χ0) is 26.4. The third-order valence-corrected chi connectivity index (χ3v) is 7.78. The molecule has 0 spiro atoms. The summed E-state index contributed by atoms with van der Waals surface area (Å²) in [6.45, 7) is 7.01. The smallest absolute Gasteiger partial charge is 0.407 e. The second-order valence-corrected chi connectivity index (χ2v) is 10.1. The lowest BCUT2D eigenvalue weighted by atomic mass is 10.0. The Balaban J connectivity index is 1.26. The number of rotatable bonds is 6. The Kier molecular flexibility index (Phi) is 5.96. The largest absolute Gasteiger partial charge is 0.465 e. The van der Waals surface area contributed by atoms with E-state index in [0.29, 0.717) is 18.7 Å². The number of nitrogens with zero attached hydrogens (tertiary/aromatic N) is 8. The van der Waals surface area contributed by atoms with Crippen LogP contribution in [0.4, 0.5) is 10.5 Å². The Morgan fingerprint density at radius 2 is 2.05 bits per heavy atom. The zero-order valence-corrected chi connectivity index (χ0v) is 21.3. The third kappa shape index (κ3) is 4.13. The molecule has 194 valence electrons. The molecular weight excluding hydrogens is 482 g/mol. The number of nitriles is 1. The Morgan fingerprint density at radius 1 is 1.21 bits per heavy atom. The van der Waals surface area contributed by atoms with E-state index in [-0.39, 0.29) is 18.1 Å². The second-order valence-electron chi connectivity index (χ2n) is 10.1. The topological polar surface area (TPSA) is 128 Å². The number of anilines is 1. The van der Waals surface area contributed by atoms with Gasteiger partial charge in [0.25, 0.3) is 0 Å². The molecule has 2 N–H and O–H groups in total. The van der Waals surface area contributed by atoms with Gasteiger partial charge in [-0.1, -0.05) is 6.07 Å². The number of amides is 1. The molecule has 11 nitrogen and oxygen atoms in total. The molecule has 2 fully saturated rings. The Hall–Kier alpha value is -4.43. The van der Waals surface area contributed by atoms with E-state index in [9.17, 15) is 15.2 Å². The van der Waals surface area contributed by atoms with Crippen LogP contribution in [0.2, 0.25) is 0 Å². The van der Waals surface area contributed by atoms with Crippen LogP contribution in [-0.2, 0) is 0 Å². The molecule has 2 aliphatic heterocycles. The normalized spacial score (nSPS) is 18.9. The fraction of sp³-hybridized carbons (Fsp3) is 0.370. The van der Waals surface area contributed by atoms with E-state index >= 15 is 0 Å². The van der Waals surface area contributed by atoms with Crippen molar-refractivity contribution in [3.05, 3.63) is 66.0 Å². The highest BCUT2D eigenvalue weighted by molar-refractivity contribution is 5.83. The van der Waals surface area contributed by atoms with E-state index in [1.807, 2.05) is 37.5 Å². The average Bonchev–Trinajstić information content (AvgIpc) is 3.63. The van der Waals surface area contributed by atoms with Gasteiger partial charge in [0.1, 0.15) is 11.6 Å². The van der Waals surface area contributed by atoms with Crippen molar-refractivity contribution in [3.63, 3.8) is 0 Å². The first kappa shape index (κ1) is 23.9. The number of pyridine rings is 2. The molecule has 0 aliphatic carbocycles. The van der Waals surface area contributed by atoms with Gasteiger partial charge in [-0.3, -0.25) is 14.6 Å². The number of carbonyl (C=O) groups is 1. The Morgan fingerprint density at radius 3 is 2.76 bits per heavy atom. The molecule has 0 aromatic carbocycles. The highest BCUT2D eigenvalue weighted by atomic mass is 16.4. The fourth-order valence-electron chi connectivity index (χ4n) is 5.63.